The number of aryl methyl sites for hydroxylation is 2. The van der Waals surface area contributed by atoms with Crippen LogP contribution in [0.2, 0.25) is 0 Å². The molecule has 1 N–H and O–H groups in total. The molecular formula is C22H28N2O. The zero-order valence-corrected chi connectivity index (χ0v) is 15.3. The highest BCUT2D eigenvalue weighted by Gasteiger charge is 2.22. The van der Waals surface area contributed by atoms with Gasteiger partial charge in [-0.25, -0.2) is 0 Å². The van der Waals surface area contributed by atoms with Gasteiger partial charge in [0.25, 0.3) is 0 Å². The summed E-state index contributed by atoms with van der Waals surface area (Å²) < 4.78 is 0. The number of likely N-dealkylation sites (tertiary alicyclic amines) is 1. The second kappa shape index (κ2) is 8.19. The van der Waals surface area contributed by atoms with Crippen LogP contribution in [0.1, 0.15) is 29.5 Å². The minimum Gasteiger partial charge on any atom is -0.376 e. The molecule has 1 heterocycles. The van der Waals surface area contributed by atoms with Crippen molar-refractivity contribution in [2.45, 2.75) is 33.1 Å². The Balaban J connectivity index is 1.45. The van der Waals surface area contributed by atoms with Crippen molar-refractivity contribution in [1.29, 1.82) is 0 Å². The lowest BCUT2D eigenvalue weighted by Crippen LogP contribution is -2.41. The molecule has 2 aromatic carbocycles. The van der Waals surface area contributed by atoms with Crippen LogP contribution >= 0.6 is 0 Å². The van der Waals surface area contributed by atoms with Crippen LogP contribution < -0.4 is 5.32 Å². The van der Waals surface area contributed by atoms with Gasteiger partial charge in [-0.3, -0.25) is 4.79 Å². The molecule has 25 heavy (non-hydrogen) atoms. The van der Waals surface area contributed by atoms with Crippen LogP contribution in [0.25, 0.3) is 0 Å². The van der Waals surface area contributed by atoms with E-state index in [-0.39, 0.29) is 5.91 Å². The minimum atomic E-state index is 0.206. The first kappa shape index (κ1) is 17.5. The van der Waals surface area contributed by atoms with Crippen LogP contribution in [0.5, 0.6) is 0 Å². The highest BCUT2D eigenvalue weighted by atomic mass is 16.2. The van der Waals surface area contributed by atoms with Crippen LogP contribution in [-0.2, 0) is 11.2 Å². The molecule has 1 aliphatic rings. The van der Waals surface area contributed by atoms with E-state index >= 15 is 0 Å². The fraction of sp³-hybridized carbons (Fsp3) is 0.409. The molecule has 0 spiro atoms. The molecule has 0 unspecified atom stereocenters. The Morgan fingerprint density at radius 1 is 1.04 bits per heavy atom. The fourth-order valence-corrected chi connectivity index (χ4v) is 3.70. The molecule has 0 bridgehead atoms. The van der Waals surface area contributed by atoms with Crippen LogP contribution in [-0.4, -0.2) is 30.4 Å². The molecule has 3 heteroatoms. The second-order valence-corrected chi connectivity index (χ2v) is 7.24. The zero-order valence-electron chi connectivity index (χ0n) is 15.3. The minimum absolute atomic E-state index is 0.206. The average Bonchev–Trinajstić information content (AvgIpc) is 2.60. The topological polar surface area (TPSA) is 32.3 Å². The number of hydrogen-bond donors (Lipinski definition) is 1. The molecule has 3 nitrogen and oxygen atoms in total. The van der Waals surface area contributed by atoms with Gasteiger partial charge in [0.15, 0.2) is 0 Å². The quantitative estimate of drug-likeness (QED) is 0.887. The molecule has 132 valence electrons. The summed E-state index contributed by atoms with van der Waals surface area (Å²) in [5, 5.41) is 3.28. The number of nitrogens with zero attached hydrogens (tertiary/aromatic N) is 1. The first-order valence-electron chi connectivity index (χ1n) is 9.24. The second-order valence-electron chi connectivity index (χ2n) is 7.24. The van der Waals surface area contributed by atoms with E-state index in [0.29, 0.717) is 12.5 Å². The number of carbonyl (C=O) groups is 1. The van der Waals surface area contributed by atoms with E-state index in [1.54, 1.807) is 0 Å². The van der Waals surface area contributed by atoms with E-state index in [1.807, 2.05) is 4.90 Å². The summed E-state index contributed by atoms with van der Waals surface area (Å²) >= 11 is 0. The smallest absolute Gasteiger partial charge is 0.241 e. The standard InChI is InChI=1S/C22H28N2O/c1-17-12-18(2)14-21(13-17)23-16-22(25)24-10-8-20(9-11-24)15-19-6-4-3-5-7-19/h3-7,12-14,20,23H,8-11,15-16H2,1-2H3. The van der Waals surface area contributed by atoms with Gasteiger partial charge in [-0.2, -0.15) is 0 Å². The average molecular weight is 336 g/mol. The number of rotatable bonds is 5. The molecule has 1 saturated heterocycles. The fourth-order valence-electron chi connectivity index (χ4n) is 3.70. The Labute approximate surface area is 151 Å². The maximum absolute atomic E-state index is 12.5. The van der Waals surface area contributed by atoms with Gasteiger partial charge in [-0.1, -0.05) is 36.4 Å². The van der Waals surface area contributed by atoms with Crippen LogP contribution in [0, 0.1) is 19.8 Å². The van der Waals surface area contributed by atoms with Gasteiger partial charge < -0.3 is 10.2 Å². The number of piperidine rings is 1. The van der Waals surface area contributed by atoms with Crippen LogP contribution in [0.4, 0.5) is 5.69 Å². The number of hydrogen-bond acceptors (Lipinski definition) is 2. The van der Waals surface area contributed by atoms with Gasteiger partial charge in [-0.05, 0) is 67.9 Å². The van der Waals surface area contributed by atoms with Gasteiger partial charge in [0.05, 0.1) is 6.54 Å². The SMILES string of the molecule is Cc1cc(C)cc(NCC(=O)N2CCC(Cc3ccccc3)CC2)c1. The van der Waals surface area contributed by atoms with Crippen molar-refractivity contribution in [2.75, 3.05) is 25.0 Å². The van der Waals surface area contributed by atoms with E-state index in [2.05, 4.69) is 67.7 Å². The van der Waals surface area contributed by atoms with E-state index in [4.69, 9.17) is 0 Å². The molecule has 1 amide bonds. The summed E-state index contributed by atoms with van der Waals surface area (Å²) in [6, 6.07) is 17.0. The Morgan fingerprint density at radius 3 is 2.32 bits per heavy atom. The highest BCUT2D eigenvalue weighted by Crippen LogP contribution is 2.22. The van der Waals surface area contributed by atoms with Gasteiger partial charge >= 0.3 is 0 Å². The van der Waals surface area contributed by atoms with Gasteiger partial charge in [0.1, 0.15) is 0 Å². The predicted molar refractivity (Wildman–Crippen MR) is 104 cm³/mol. The summed E-state index contributed by atoms with van der Waals surface area (Å²) in [4.78, 5) is 14.5. The first-order chi connectivity index (χ1) is 12.1. The Kier molecular flexibility index (Phi) is 5.75. The van der Waals surface area contributed by atoms with Crippen molar-refractivity contribution >= 4 is 11.6 Å². The number of carbonyl (C=O) groups excluding carboxylic acids is 1. The molecular weight excluding hydrogens is 308 g/mol. The van der Waals surface area contributed by atoms with E-state index in [0.717, 1.165) is 38.0 Å². The maximum atomic E-state index is 12.5. The van der Waals surface area contributed by atoms with E-state index < -0.39 is 0 Å². The van der Waals surface area contributed by atoms with Crippen molar-refractivity contribution in [3.05, 3.63) is 65.2 Å². The summed E-state index contributed by atoms with van der Waals surface area (Å²) in [7, 11) is 0. The molecule has 0 saturated carbocycles. The summed E-state index contributed by atoms with van der Waals surface area (Å²) in [6.07, 6.45) is 3.33. The lowest BCUT2D eigenvalue weighted by atomic mass is 9.90. The summed E-state index contributed by atoms with van der Waals surface area (Å²) in [5.74, 6) is 0.899. The molecule has 1 aliphatic heterocycles. The number of anilines is 1. The molecule has 1 fully saturated rings. The van der Waals surface area contributed by atoms with E-state index in [1.165, 1.54) is 16.7 Å². The van der Waals surface area contributed by atoms with Gasteiger partial charge in [0.2, 0.25) is 5.91 Å². The van der Waals surface area contributed by atoms with Crippen molar-refractivity contribution in [1.82, 2.24) is 4.90 Å². The van der Waals surface area contributed by atoms with Crippen molar-refractivity contribution in [3.63, 3.8) is 0 Å². The number of benzene rings is 2. The lowest BCUT2D eigenvalue weighted by Gasteiger charge is -2.32. The Bertz CT molecular complexity index is 683. The van der Waals surface area contributed by atoms with Gasteiger partial charge in [0, 0.05) is 18.8 Å². The summed E-state index contributed by atoms with van der Waals surface area (Å²) in [5.41, 5.74) is 4.88. The molecule has 3 rings (SSSR count). The number of nitrogens with one attached hydrogen (secondary N) is 1. The highest BCUT2D eigenvalue weighted by molar-refractivity contribution is 5.81. The largest absolute Gasteiger partial charge is 0.376 e. The van der Waals surface area contributed by atoms with Crippen LogP contribution in [0.15, 0.2) is 48.5 Å². The summed E-state index contributed by atoms with van der Waals surface area (Å²) in [6.45, 7) is 6.30. The van der Waals surface area contributed by atoms with Crippen LogP contribution in [0.3, 0.4) is 0 Å². The Hall–Kier alpha value is -2.29. The van der Waals surface area contributed by atoms with Crippen molar-refractivity contribution in [2.24, 2.45) is 5.92 Å². The third-order valence-corrected chi connectivity index (χ3v) is 5.00. The van der Waals surface area contributed by atoms with Crippen molar-refractivity contribution < 1.29 is 4.79 Å². The third kappa shape index (κ3) is 5.09. The zero-order chi connectivity index (χ0) is 17.6. The monoisotopic (exact) mass is 336 g/mol. The van der Waals surface area contributed by atoms with Gasteiger partial charge in [-0.15, -0.1) is 0 Å². The third-order valence-electron chi connectivity index (χ3n) is 5.00. The molecule has 0 aromatic heterocycles. The van der Waals surface area contributed by atoms with E-state index in [9.17, 15) is 4.79 Å². The Morgan fingerprint density at radius 2 is 1.68 bits per heavy atom. The van der Waals surface area contributed by atoms with Crippen molar-refractivity contribution in [3.8, 4) is 0 Å². The number of amides is 1. The lowest BCUT2D eigenvalue weighted by molar-refractivity contribution is -0.130. The molecule has 0 aliphatic carbocycles. The molecule has 0 atom stereocenters. The molecule has 2 aromatic rings. The predicted octanol–water partition coefficient (Wildman–Crippen LogP) is 4.20. The first-order valence-corrected chi connectivity index (χ1v) is 9.24. The maximum Gasteiger partial charge on any atom is 0.241 e. The molecule has 0 radical (unpaired) electrons. The normalized spacial score (nSPS) is 15.2.